The lowest BCUT2D eigenvalue weighted by Crippen LogP contribution is -2.43. The topological polar surface area (TPSA) is 12.0 Å². The molecule has 1 aliphatic carbocycles. The second-order valence-corrected chi connectivity index (χ2v) is 6.60. The molecule has 4 atom stereocenters. The van der Waals surface area contributed by atoms with Crippen molar-refractivity contribution >= 4 is 0 Å². The average Bonchev–Trinajstić information content (AvgIpc) is 2.30. The number of hydrogen-bond donors (Lipinski definition) is 1. The Hall–Kier alpha value is -0.110. The highest BCUT2D eigenvalue weighted by Gasteiger charge is 2.38. The third kappa shape index (κ3) is 3.67. The van der Waals surface area contributed by atoms with Gasteiger partial charge in [-0.3, -0.25) is 0 Å². The van der Waals surface area contributed by atoms with Crippen LogP contribution in [0.4, 0.5) is 4.39 Å². The second-order valence-electron chi connectivity index (χ2n) is 6.60. The molecular weight excluding hydrogens is 213 g/mol. The maximum absolute atomic E-state index is 14.9. The molecule has 2 heteroatoms. The van der Waals surface area contributed by atoms with Gasteiger partial charge in [0.25, 0.3) is 0 Å². The monoisotopic (exact) mass is 241 g/mol. The maximum Gasteiger partial charge on any atom is 0.112 e. The van der Waals surface area contributed by atoms with E-state index in [4.69, 9.17) is 0 Å². The molecule has 0 bridgehead atoms. The number of halogens is 1. The van der Waals surface area contributed by atoms with Crippen LogP contribution in [0.15, 0.2) is 0 Å². The van der Waals surface area contributed by atoms with Crippen LogP contribution in [-0.4, -0.2) is 18.3 Å². The summed E-state index contributed by atoms with van der Waals surface area (Å²) in [5, 5.41) is 3.49. The molecule has 0 spiro atoms. The Labute approximate surface area is 106 Å². The third-order valence-corrected chi connectivity index (χ3v) is 4.85. The van der Waals surface area contributed by atoms with E-state index >= 15 is 0 Å². The lowest BCUT2D eigenvalue weighted by molar-refractivity contribution is 0.0393. The molecule has 2 aliphatic rings. The Morgan fingerprint density at radius 2 is 2.00 bits per heavy atom. The summed E-state index contributed by atoms with van der Waals surface area (Å²) in [6.45, 7) is 5.22. The Morgan fingerprint density at radius 3 is 2.65 bits per heavy atom. The van der Waals surface area contributed by atoms with Gasteiger partial charge >= 0.3 is 0 Å². The fourth-order valence-electron chi connectivity index (χ4n) is 3.73. The lowest BCUT2D eigenvalue weighted by Gasteiger charge is -2.39. The van der Waals surface area contributed by atoms with Gasteiger partial charge in [0.05, 0.1) is 0 Å². The second kappa shape index (κ2) is 5.69. The van der Waals surface area contributed by atoms with Gasteiger partial charge in [0, 0.05) is 6.04 Å². The SMILES string of the molecule is CC1CCCC(C(C)(F)CC2CCCCN2)C1. The molecule has 100 valence electrons. The van der Waals surface area contributed by atoms with E-state index in [2.05, 4.69) is 12.2 Å². The van der Waals surface area contributed by atoms with E-state index in [0.717, 1.165) is 31.7 Å². The van der Waals surface area contributed by atoms with Gasteiger partial charge in [-0.25, -0.2) is 4.39 Å². The Bertz CT molecular complexity index is 233. The van der Waals surface area contributed by atoms with Crippen molar-refractivity contribution in [3.8, 4) is 0 Å². The minimum atomic E-state index is -0.955. The number of nitrogens with one attached hydrogen (secondary N) is 1. The van der Waals surface area contributed by atoms with Crippen LogP contribution in [-0.2, 0) is 0 Å². The van der Waals surface area contributed by atoms with Gasteiger partial charge in [0.15, 0.2) is 0 Å². The van der Waals surface area contributed by atoms with Crippen molar-refractivity contribution in [2.45, 2.75) is 76.9 Å². The third-order valence-electron chi connectivity index (χ3n) is 4.85. The van der Waals surface area contributed by atoms with E-state index in [1.54, 1.807) is 0 Å². The molecule has 1 heterocycles. The van der Waals surface area contributed by atoms with Gasteiger partial charge in [-0.05, 0) is 57.4 Å². The zero-order valence-corrected chi connectivity index (χ0v) is 11.5. The van der Waals surface area contributed by atoms with Gasteiger partial charge in [0.2, 0.25) is 0 Å². The summed E-state index contributed by atoms with van der Waals surface area (Å²) in [5.74, 6) is 1.03. The van der Waals surface area contributed by atoms with E-state index in [1.807, 2.05) is 6.92 Å². The summed E-state index contributed by atoms with van der Waals surface area (Å²) < 4.78 is 14.9. The highest BCUT2D eigenvalue weighted by atomic mass is 19.1. The van der Waals surface area contributed by atoms with Crippen LogP contribution in [0.1, 0.15) is 65.2 Å². The molecular formula is C15H28FN. The number of hydrogen-bond acceptors (Lipinski definition) is 1. The molecule has 17 heavy (non-hydrogen) atoms. The first-order valence-electron chi connectivity index (χ1n) is 7.50. The largest absolute Gasteiger partial charge is 0.314 e. The van der Waals surface area contributed by atoms with Crippen LogP contribution < -0.4 is 5.32 Å². The van der Waals surface area contributed by atoms with E-state index in [-0.39, 0.29) is 0 Å². The van der Waals surface area contributed by atoms with Crippen molar-refractivity contribution in [1.29, 1.82) is 0 Å². The van der Waals surface area contributed by atoms with E-state index in [9.17, 15) is 4.39 Å². The fraction of sp³-hybridized carbons (Fsp3) is 1.00. The van der Waals surface area contributed by atoms with Crippen LogP contribution in [0, 0.1) is 11.8 Å². The van der Waals surface area contributed by atoms with Crippen molar-refractivity contribution in [3.63, 3.8) is 0 Å². The first kappa shape index (κ1) is 13.3. The molecule has 0 aromatic carbocycles. The van der Waals surface area contributed by atoms with E-state index in [0.29, 0.717) is 12.0 Å². The summed E-state index contributed by atoms with van der Waals surface area (Å²) in [7, 11) is 0. The Morgan fingerprint density at radius 1 is 1.18 bits per heavy atom. The molecule has 1 saturated carbocycles. The van der Waals surface area contributed by atoms with Gasteiger partial charge < -0.3 is 5.32 Å². The molecule has 0 amide bonds. The Kier molecular flexibility index (Phi) is 4.46. The van der Waals surface area contributed by atoms with Crippen LogP contribution in [0.3, 0.4) is 0 Å². The number of piperidine rings is 1. The predicted molar refractivity (Wildman–Crippen MR) is 70.9 cm³/mol. The number of alkyl halides is 1. The lowest BCUT2D eigenvalue weighted by atomic mass is 9.72. The van der Waals surface area contributed by atoms with Gasteiger partial charge in [0.1, 0.15) is 5.67 Å². The Balaban J connectivity index is 1.87. The minimum Gasteiger partial charge on any atom is -0.314 e. The molecule has 1 N–H and O–H groups in total. The average molecular weight is 241 g/mol. The van der Waals surface area contributed by atoms with Gasteiger partial charge in [-0.15, -0.1) is 0 Å². The summed E-state index contributed by atoms with van der Waals surface area (Å²) in [6.07, 6.45) is 9.16. The standard InChI is InChI=1S/C15H28FN/c1-12-6-5-7-13(10-12)15(2,16)11-14-8-3-4-9-17-14/h12-14,17H,3-11H2,1-2H3. The molecule has 4 unspecified atom stereocenters. The zero-order chi connectivity index (χ0) is 12.3. The van der Waals surface area contributed by atoms with E-state index < -0.39 is 5.67 Å². The summed E-state index contributed by atoms with van der Waals surface area (Å²) in [5.41, 5.74) is -0.955. The number of rotatable bonds is 3. The molecule has 0 aromatic rings. The fourth-order valence-corrected chi connectivity index (χ4v) is 3.73. The smallest absolute Gasteiger partial charge is 0.112 e. The van der Waals surface area contributed by atoms with Gasteiger partial charge in [-0.2, -0.15) is 0 Å². The first-order valence-corrected chi connectivity index (χ1v) is 7.50. The minimum absolute atomic E-state index is 0.301. The molecule has 1 saturated heterocycles. The predicted octanol–water partition coefficient (Wildman–Crippen LogP) is 4.07. The molecule has 1 nitrogen and oxygen atoms in total. The van der Waals surface area contributed by atoms with Gasteiger partial charge in [-0.1, -0.05) is 26.2 Å². The highest BCUT2D eigenvalue weighted by Crippen LogP contribution is 2.40. The van der Waals surface area contributed by atoms with Crippen LogP contribution in [0.2, 0.25) is 0 Å². The van der Waals surface area contributed by atoms with Crippen LogP contribution in [0.5, 0.6) is 0 Å². The molecule has 1 aliphatic heterocycles. The van der Waals surface area contributed by atoms with Crippen molar-refractivity contribution in [2.75, 3.05) is 6.54 Å². The maximum atomic E-state index is 14.9. The molecule has 2 rings (SSSR count). The van der Waals surface area contributed by atoms with Crippen LogP contribution >= 0.6 is 0 Å². The summed E-state index contributed by atoms with van der Waals surface area (Å²) >= 11 is 0. The zero-order valence-electron chi connectivity index (χ0n) is 11.5. The molecule has 0 aromatic heterocycles. The quantitative estimate of drug-likeness (QED) is 0.785. The van der Waals surface area contributed by atoms with Crippen molar-refractivity contribution < 1.29 is 4.39 Å². The van der Waals surface area contributed by atoms with Crippen molar-refractivity contribution in [3.05, 3.63) is 0 Å². The highest BCUT2D eigenvalue weighted by molar-refractivity contribution is 4.90. The summed E-state index contributed by atoms with van der Waals surface area (Å²) in [6, 6.07) is 0.427. The van der Waals surface area contributed by atoms with Crippen molar-refractivity contribution in [1.82, 2.24) is 5.32 Å². The van der Waals surface area contributed by atoms with Crippen molar-refractivity contribution in [2.24, 2.45) is 11.8 Å². The summed E-state index contributed by atoms with van der Waals surface area (Å²) in [4.78, 5) is 0. The van der Waals surface area contributed by atoms with E-state index in [1.165, 1.54) is 32.1 Å². The van der Waals surface area contributed by atoms with Crippen LogP contribution in [0.25, 0.3) is 0 Å². The first-order chi connectivity index (χ1) is 8.08. The molecule has 2 fully saturated rings. The molecule has 0 radical (unpaired) electrons. The normalized spacial score (nSPS) is 38.6.